The van der Waals surface area contributed by atoms with E-state index in [1.54, 1.807) is 0 Å². The van der Waals surface area contributed by atoms with Crippen LogP contribution in [0.25, 0.3) is 10.9 Å². The normalized spacial score (nSPS) is 11.4. The van der Waals surface area contributed by atoms with Crippen molar-refractivity contribution in [2.75, 3.05) is 19.7 Å². The smallest absolute Gasteiger partial charge is 0.134 e. The molecule has 4 heteroatoms. The Morgan fingerprint density at radius 2 is 2.05 bits per heavy atom. The molecule has 0 saturated heterocycles. The molecule has 0 atom stereocenters. The van der Waals surface area contributed by atoms with Gasteiger partial charge in [0.25, 0.3) is 0 Å². The molecule has 0 aliphatic rings. The molecule has 3 nitrogen and oxygen atoms in total. The van der Waals surface area contributed by atoms with Gasteiger partial charge in [-0.15, -0.1) is 0 Å². The van der Waals surface area contributed by atoms with Gasteiger partial charge in [-0.2, -0.15) is 0 Å². The van der Waals surface area contributed by atoms with Crippen molar-refractivity contribution in [3.63, 3.8) is 0 Å². The largest absolute Gasteiger partial charge is 0.395 e. The minimum absolute atomic E-state index is 0.165. The number of fused-ring (bicyclic) bond motifs is 1. The molecule has 0 unspecified atom stereocenters. The van der Waals surface area contributed by atoms with Crippen molar-refractivity contribution < 1.29 is 5.11 Å². The minimum Gasteiger partial charge on any atom is -0.395 e. The van der Waals surface area contributed by atoms with Gasteiger partial charge in [0.15, 0.2) is 0 Å². The number of para-hydroxylation sites is 1. The van der Waals surface area contributed by atoms with Crippen LogP contribution < -0.4 is 0 Å². The van der Waals surface area contributed by atoms with E-state index in [0.717, 1.165) is 36.0 Å². The van der Waals surface area contributed by atoms with Gasteiger partial charge < -0.3 is 5.11 Å². The summed E-state index contributed by atoms with van der Waals surface area (Å²) in [4.78, 5) is 6.62. The van der Waals surface area contributed by atoms with E-state index in [1.807, 2.05) is 24.3 Å². The number of pyridine rings is 1. The highest BCUT2D eigenvalue weighted by Gasteiger charge is 2.09. The minimum atomic E-state index is 0.165. The van der Waals surface area contributed by atoms with Crippen LogP contribution in [0.2, 0.25) is 5.15 Å². The molecule has 19 heavy (non-hydrogen) atoms. The fraction of sp³-hybridized carbons (Fsp3) is 0.400. The lowest BCUT2D eigenvalue weighted by Crippen LogP contribution is -2.27. The van der Waals surface area contributed by atoms with Gasteiger partial charge in [0, 0.05) is 24.0 Å². The lowest BCUT2D eigenvalue weighted by Gasteiger charge is -2.21. The van der Waals surface area contributed by atoms with Crippen LogP contribution in [0.4, 0.5) is 0 Å². The van der Waals surface area contributed by atoms with Crippen molar-refractivity contribution in [2.45, 2.75) is 19.9 Å². The lowest BCUT2D eigenvalue weighted by molar-refractivity contribution is 0.190. The number of rotatable bonds is 6. The topological polar surface area (TPSA) is 36.4 Å². The number of nitrogens with zero attached hydrogens (tertiary/aromatic N) is 2. The number of hydrogen-bond donors (Lipinski definition) is 1. The summed E-state index contributed by atoms with van der Waals surface area (Å²) in [7, 11) is 0. The van der Waals surface area contributed by atoms with Crippen LogP contribution in [0, 0.1) is 0 Å². The fourth-order valence-electron chi connectivity index (χ4n) is 2.22. The Morgan fingerprint density at radius 1 is 1.26 bits per heavy atom. The highest BCUT2D eigenvalue weighted by Crippen LogP contribution is 2.21. The summed E-state index contributed by atoms with van der Waals surface area (Å²) in [6, 6.07) is 10.0. The first-order valence-electron chi connectivity index (χ1n) is 6.62. The molecule has 0 aliphatic carbocycles. The van der Waals surface area contributed by atoms with Crippen LogP contribution in [0.5, 0.6) is 0 Å². The average Bonchev–Trinajstić information content (AvgIpc) is 2.40. The molecule has 1 aromatic heterocycles. The summed E-state index contributed by atoms with van der Waals surface area (Å²) >= 11 is 6.25. The first-order valence-corrected chi connectivity index (χ1v) is 6.99. The van der Waals surface area contributed by atoms with E-state index in [9.17, 15) is 0 Å². The Kier molecular flexibility index (Phi) is 5.14. The van der Waals surface area contributed by atoms with E-state index in [4.69, 9.17) is 16.7 Å². The predicted octanol–water partition coefficient (Wildman–Crippen LogP) is 3.09. The Balaban J connectivity index is 2.25. The third-order valence-corrected chi connectivity index (χ3v) is 3.43. The zero-order valence-corrected chi connectivity index (χ0v) is 11.9. The van der Waals surface area contributed by atoms with Crippen molar-refractivity contribution >= 4 is 22.5 Å². The number of hydrogen-bond acceptors (Lipinski definition) is 3. The molecule has 0 radical (unpaired) electrons. The van der Waals surface area contributed by atoms with Crippen molar-refractivity contribution in [3.8, 4) is 0 Å². The first kappa shape index (κ1) is 14.3. The summed E-state index contributed by atoms with van der Waals surface area (Å²) in [5.41, 5.74) is 1.93. The van der Waals surface area contributed by atoms with Crippen LogP contribution in [0.3, 0.4) is 0 Å². The number of benzene rings is 1. The highest BCUT2D eigenvalue weighted by atomic mass is 35.5. The zero-order valence-electron chi connectivity index (χ0n) is 11.1. The van der Waals surface area contributed by atoms with Gasteiger partial charge in [-0.05, 0) is 25.1 Å². The molecule has 0 spiro atoms. The van der Waals surface area contributed by atoms with Crippen molar-refractivity contribution in [3.05, 3.63) is 41.0 Å². The average molecular weight is 279 g/mol. The molecule has 2 rings (SSSR count). The standard InChI is InChI=1S/C15H19ClN2O/c1-2-7-18(8-9-19)11-13-10-12-5-3-4-6-14(12)17-15(13)16/h3-6,10,19H,2,7-9,11H2,1H3. The second-order valence-electron chi connectivity index (χ2n) is 4.63. The fourth-order valence-corrected chi connectivity index (χ4v) is 2.42. The van der Waals surface area contributed by atoms with Crippen molar-refractivity contribution in [1.29, 1.82) is 0 Å². The molecule has 2 aromatic rings. The maximum absolute atomic E-state index is 9.09. The molecule has 0 bridgehead atoms. The number of aliphatic hydroxyl groups excluding tert-OH is 1. The van der Waals surface area contributed by atoms with Crippen LogP contribution in [-0.4, -0.2) is 34.7 Å². The van der Waals surface area contributed by atoms with E-state index < -0.39 is 0 Å². The zero-order chi connectivity index (χ0) is 13.7. The molecule has 1 N–H and O–H groups in total. The predicted molar refractivity (Wildman–Crippen MR) is 79.4 cm³/mol. The van der Waals surface area contributed by atoms with Gasteiger partial charge in [0.05, 0.1) is 12.1 Å². The van der Waals surface area contributed by atoms with Crippen LogP contribution in [0.15, 0.2) is 30.3 Å². The summed E-state index contributed by atoms with van der Waals surface area (Å²) in [5.74, 6) is 0. The van der Waals surface area contributed by atoms with Gasteiger partial charge in [-0.1, -0.05) is 36.7 Å². The Bertz CT molecular complexity index is 539. The van der Waals surface area contributed by atoms with Gasteiger partial charge >= 0.3 is 0 Å². The molecular formula is C15H19ClN2O. The summed E-state index contributed by atoms with van der Waals surface area (Å²) < 4.78 is 0. The molecule has 1 aromatic carbocycles. The molecule has 1 heterocycles. The van der Waals surface area contributed by atoms with Gasteiger partial charge in [-0.25, -0.2) is 4.98 Å². The Labute approximate surface area is 118 Å². The Morgan fingerprint density at radius 3 is 2.79 bits per heavy atom. The van der Waals surface area contributed by atoms with Crippen LogP contribution >= 0.6 is 11.6 Å². The van der Waals surface area contributed by atoms with Crippen LogP contribution in [0.1, 0.15) is 18.9 Å². The maximum atomic E-state index is 9.09. The molecule has 0 saturated carbocycles. The van der Waals surface area contributed by atoms with E-state index in [2.05, 4.69) is 22.9 Å². The number of aromatic nitrogens is 1. The molecule has 0 fully saturated rings. The maximum Gasteiger partial charge on any atom is 0.134 e. The number of aliphatic hydroxyl groups is 1. The van der Waals surface area contributed by atoms with E-state index in [0.29, 0.717) is 11.7 Å². The summed E-state index contributed by atoms with van der Waals surface area (Å²) in [5, 5.41) is 10.7. The lowest BCUT2D eigenvalue weighted by atomic mass is 10.1. The number of halogens is 1. The molecule has 0 aliphatic heterocycles. The third-order valence-electron chi connectivity index (χ3n) is 3.10. The van der Waals surface area contributed by atoms with Gasteiger partial charge in [0.2, 0.25) is 0 Å². The van der Waals surface area contributed by atoms with E-state index >= 15 is 0 Å². The van der Waals surface area contributed by atoms with Crippen molar-refractivity contribution in [2.24, 2.45) is 0 Å². The summed E-state index contributed by atoms with van der Waals surface area (Å²) in [6.07, 6.45) is 1.05. The third kappa shape index (κ3) is 3.66. The summed E-state index contributed by atoms with van der Waals surface area (Å²) in [6.45, 7) is 4.63. The van der Waals surface area contributed by atoms with Gasteiger partial charge in [-0.3, -0.25) is 4.90 Å². The SMILES string of the molecule is CCCN(CCO)Cc1cc2ccccc2nc1Cl. The first-order chi connectivity index (χ1) is 9.24. The Hall–Kier alpha value is -1.16. The van der Waals surface area contributed by atoms with E-state index in [-0.39, 0.29) is 6.61 Å². The molecule has 0 amide bonds. The quantitative estimate of drug-likeness (QED) is 0.825. The second-order valence-corrected chi connectivity index (χ2v) is 4.99. The van der Waals surface area contributed by atoms with Crippen LogP contribution in [-0.2, 0) is 6.54 Å². The molecular weight excluding hydrogens is 260 g/mol. The van der Waals surface area contributed by atoms with E-state index in [1.165, 1.54) is 0 Å². The molecule has 102 valence electrons. The highest BCUT2D eigenvalue weighted by molar-refractivity contribution is 6.30. The second kappa shape index (κ2) is 6.85. The monoisotopic (exact) mass is 278 g/mol. The van der Waals surface area contributed by atoms with Crippen molar-refractivity contribution in [1.82, 2.24) is 9.88 Å². The van der Waals surface area contributed by atoms with Gasteiger partial charge in [0.1, 0.15) is 5.15 Å².